The molecule has 2 heterocycles. The van der Waals surface area contributed by atoms with Crippen LogP contribution in [0.4, 0.5) is 5.88 Å². The third-order valence-corrected chi connectivity index (χ3v) is 14.6. The standard InChI is InChI=1S/C61H92BN2O/c1-21-25-44-30-39-64(45-27-23-33-58(13,14)35-36-59(15,16)34-29-45)54-53(46-41-49-50(42-52(46)65-54)61(19,20)38-37-60(49,17)18)62-51(28-24-32-55(4,5)6)43(3)63(44)40-31-48(57(10,11)12)47(26-22-2)56(7,8)9/h21,23-26,28-31,33-34,41-42,45H,22,27,32,35-40H2,1-20H3/b25-21-,28-24-,33-23+,34-29+,44-30+,47-26+,48-31+,51-43-. The Morgan fingerprint density at radius 3 is 1.94 bits per heavy atom. The van der Waals surface area contributed by atoms with E-state index in [1.807, 2.05) is 0 Å². The van der Waals surface area contributed by atoms with Gasteiger partial charge in [0.1, 0.15) is 5.58 Å². The fraction of sp³-hybridized carbons (Fsp3) is 0.607. The van der Waals surface area contributed by atoms with Crippen LogP contribution in [-0.4, -0.2) is 31.3 Å². The number of benzene rings is 1. The molecule has 355 valence electrons. The van der Waals surface area contributed by atoms with Gasteiger partial charge in [-0.2, -0.15) is 0 Å². The number of furan rings is 1. The van der Waals surface area contributed by atoms with E-state index in [9.17, 15) is 0 Å². The summed E-state index contributed by atoms with van der Waals surface area (Å²) in [6, 6.07) is 5.03. The monoisotopic (exact) mass is 880 g/mol. The first-order valence-corrected chi connectivity index (χ1v) is 25.4. The Morgan fingerprint density at radius 2 is 1.37 bits per heavy atom. The van der Waals surface area contributed by atoms with Crippen molar-refractivity contribution >= 4 is 29.6 Å². The SMILES string of the molecule is C/C=C\C1=C/CN(C2/C=C/C(C)(C)CCC(C)(C)/C=C/C2)c2oc3cc4c(cc3c2[B]C(/C=C\CC(C)(C)C)=C(/C)N1C/C=C(\C(=C/CC)C(C)(C)C)C(C)(C)C)C(C)(C)CCC4(C)C. The Balaban J connectivity index is 1.90. The fourth-order valence-electron chi connectivity index (χ4n) is 10.1. The minimum atomic E-state index is -0.0318. The average Bonchev–Trinajstić information content (AvgIpc) is 3.52. The predicted octanol–water partition coefficient (Wildman–Crippen LogP) is 17.0. The molecule has 0 bridgehead atoms. The molecule has 0 saturated carbocycles. The van der Waals surface area contributed by atoms with Crippen LogP contribution < -0.4 is 10.4 Å². The Labute approximate surface area is 400 Å². The van der Waals surface area contributed by atoms with Crippen LogP contribution in [0, 0.1) is 27.1 Å². The molecule has 5 rings (SSSR count). The molecule has 65 heavy (non-hydrogen) atoms. The summed E-state index contributed by atoms with van der Waals surface area (Å²) in [5.74, 6) is 0.962. The number of hydrogen-bond acceptors (Lipinski definition) is 3. The second-order valence-corrected chi connectivity index (χ2v) is 25.9. The van der Waals surface area contributed by atoms with Crippen LogP contribution in [0.5, 0.6) is 0 Å². The molecule has 1 aromatic carbocycles. The van der Waals surface area contributed by atoms with E-state index in [0.717, 1.165) is 50.1 Å². The first-order chi connectivity index (χ1) is 29.9. The second-order valence-electron chi connectivity index (χ2n) is 25.9. The Morgan fingerprint density at radius 1 is 0.785 bits per heavy atom. The Hall–Kier alpha value is -3.66. The zero-order valence-corrected chi connectivity index (χ0v) is 45.3. The van der Waals surface area contributed by atoms with Crippen molar-refractivity contribution in [2.24, 2.45) is 27.1 Å². The van der Waals surface area contributed by atoms with E-state index in [2.05, 4.69) is 235 Å². The Kier molecular flexibility index (Phi) is 15.7. The van der Waals surface area contributed by atoms with Gasteiger partial charge in [-0.25, -0.2) is 0 Å². The van der Waals surface area contributed by atoms with E-state index in [4.69, 9.17) is 4.42 Å². The van der Waals surface area contributed by atoms with Crippen LogP contribution in [-0.2, 0) is 10.8 Å². The maximum atomic E-state index is 7.41. The predicted molar refractivity (Wildman–Crippen MR) is 289 cm³/mol. The molecule has 2 aliphatic carbocycles. The zero-order chi connectivity index (χ0) is 48.6. The van der Waals surface area contributed by atoms with Crippen molar-refractivity contribution in [2.75, 3.05) is 18.0 Å². The van der Waals surface area contributed by atoms with Gasteiger partial charge in [0.2, 0.25) is 7.28 Å². The van der Waals surface area contributed by atoms with E-state index in [1.54, 1.807) is 0 Å². The van der Waals surface area contributed by atoms with Crippen LogP contribution in [0.1, 0.15) is 195 Å². The zero-order valence-electron chi connectivity index (χ0n) is 45.3. The fourth-order valence-corrected chi connectivity index (χ4v) is 10.1. The minimum Gasteiger partial charge on any atom is -0.441 e. The molecule has 1 unspecified atom stereocenters. The number of hydrogen-bond donors (Lipinski definition) is 0. The number of anilines is 1. The van der Waals surface area contributed by atoms with Gasteiger partial charge in [0.15, 0.2) is 5.88 Å². The summed E-state index contributed by atoms with van der Waals surface area (Å²) in [5, 5.41) is 1.21. The first-order valence-electron chi connectivity index (χ1n) is 25.4. The van der Waals surface area contributed by atoms with E-state index in [-0.39, 0.29) is 43.9 Å². The molecule has 0 saturated heterocycles. The van der Waals surface area contributed by atoms with Crippen LogP contribution in [0.2, 0.25) is 0 Å². The smallest absolute Gasteiger partial charge is 0.201 e. The van der Waals surface area contributed by atoms with Gasteiger partial charge < -0.3 is 14.2 Å². The van der Waals surface area contributed by atoms with E-state index >= 15 is 0 Å². The lowest BCUT2D eigenvalue weighted by atomic mass is 9.59. The highest BCUT2D eigenvalue weighted by molar-refractivity contribution is 6.66. The third-order valence-electron chi connectivity index (χ3n) is 14.6. The average molecular weight is 880 g/mol. The minimum absolute atomic E-state index is 0.0196. The molecular weight excluding hydrogens is 787 g/mol. The summed E-state index contributed by atoms with van der Waals surface area (Å²) < 4.78 is 7.41. The number of allylic oxidation sites excluding steroid dienone is 11. The molecule has 3 nitrogen and oxygen atoms in total. The van der Waals surface area contributed by atoms with E-state index in [0.29, 0.717) is 6.54 Å². The molecule has 0 amide bonds. The summed E-state index contributed by atoms with van der Waals surface area (Å²) in [6.45, 7) is 48.8. The van der Waals surface area contributed by atoms with Gasteiger partial charge in [-0.3, -0.25) is 0 Å². The van der Waals surface area contributed by atoms with Crippen LogP contribution >= 0.6 is 0 Å². The van der Waals surface area contributed by atoms with Gasteiger partial charge >= 0.3 is 0 Å². The van der Waals surface area contributed by atoms with Gasteiger partial charge in [0.05, 0.1) is 6.04 Å². The molecular formula is C61H92BN2O. The second kappa shape index (κ2) is 19.5. The van der Waals surface area contributed by atoms with Crippen molar-refractivity contribution < 1.29 is 4.42 Å². The number of fused-ring (bicyclic) bond motifs is 4. The molecule has 1 aromatic heterocycles. The molecule has 4 heteroatoms. The number of nitrogens with zero attached hydrogens (tertiary/aromatic N) is 2. The third kappa shape index (κ3) is 12.9. The van der Waals surface area contributed by atoms with Crippen molar-refractivity contribution in [2.45, 2.75) is 200 Å². The highest BCUT2D eigenvalue weighted by Gasteiger charge is 2.39. The van der Waals surface area contributed by atoms with E-state index in [1.165, 1.54) is 62.8 Å². The molecule has 2 aromatic rings. The highest BCUT2D eigenvalue weighted by atomic mass is 16.4. The molecule has 0 fully saturated rings. The summed E-state index contributed by atoms with van der Waals surface area (Å²) in [6.07, 6.45) is 34.3. The summed E-state index contributed by atoms with van der Waals surface area (Å²) in [7, 11) is 2.49. The normalized spacial score (nSPS) is 25.2. The van der Waals surface area contributed by atoms with Crippen molar-refractivity contribution in [1.82, 2.24) is 4.90 Å². The van der Waals surface area contributed by atoms with Crippen molar-refractivity contribution in [3.05, 3.63) is 118 Å². The molecule has 1 aliphatic heterocycles. The van der Waals surface area contributed by atoms with Gasteiger partial charge in [-0.15, -0.1) is 0 Å². The van der Waals surface area contributed by atoms with E-state index < -0.39 is 0 Å². The number of rotatable bonds is 8. The highest BCUT2D eigenvalue weighted by Crippen LogP contribution is 2.48. The molecule has 3 aliphatic rings. The molecule has 1 radical (unpaired) electrons. The topological polar surface area (TPSA) is 19.6 Å². The summed E-state index contributed by atoms with van der Waals surface area (Å²) >= 11 is 0. The summed E-state index contributed by atoms with van der Waals surface area (Å²) in [4.78, 5) is 5.17. The van der Waals surface area contributed by atoms with Crippen LogP contribution in [0.15, 0.2) is 111 Å². The van der Waals surface area contributed by atoms with Crippen molar-refractivity contribution in [3.63, 3.8) is 0 Å². The molecule has 0 N–H and O–H groups in total. The lowest BCUT2D eigenvalue weighted by Gasteiger charge is -2.41. The largest absolute Gasteiger partial charge is 0.441 e. The van der Waals surface area contributed by atoms with Gasteiger partial charge in [0.25, 0.3) is 0 Å². The van der Waals surface area contributed by atoms with Gasteiger partial charge in [-0.1, -0.05) is 185 Å². The lowest BCUT2D eigenvalue weighted by Crippen LogP contribution is -2.40. The van der Waals surface area contributed by atoms with Crippen LogP contribution in [0.25, 0.3) is 11.0 Å². The lowest BCUT2D eigenvalue weighted by molar-refractivity contribution is 0.327. The van der Waals surface area contributed by atoms with Crippen LogP contribution in [0.3, 0.4) is 0 Å². The van der Waals surface area contributed by atoms with Crippen molar-refractivity contribution in [1.29, 1.82) is 0 Å². The quantitative estimate of drug-likeness (QED) is 0.150. The molecule has 0 spiro atoms. The van der Waals surface area contributed by atoms with Gasteiger partial charge in [0, 0.05) is 29.9 Å². The van der Waals surface area contributed by atoms with Crippen molar-refractivity contribution in [3.8, 4) is 0 Å². The summed E-state index contributed by atoms with van der Waals surface area (Å²) in [5.41, 5.74) is 12.1. The maximum absolute atomic E-state index is 7.41. The molecule has 1 atom stereocenters. The maximum Gasteiger partial charge on any atom is 0.201 e. The Bertz CT molecular complexity index is 2270. The first kappa shape index (κ1) is 52.3. The van der Waals surface area contributed by atoms with Gasteiger partial charge in [-0.05, 0) is 149 Å².